The molecule has 0 spiro atoms. The van der Waals surface area contributed by atoms with Gasteiger partial charge in [0, 0.05) is 0 Å². The van der Waals surface area contributed by atoms with E-state index in [0.29, 0.717) is 5.69 Å². The zero-order valence-corrected chi connectivity index (χ0v) is 20.2. The lowest BCUT2D eigenvalue weighted by molar-refractivity contribution is -0.0517. The molecule has 0 saturated carbocycles. The van der Waals surface area contributed by atoms with Gasteiger partial charge in [0.25, 0.3) is 0 Å². The Balaban J connectivity index is 0.000000392. The second-order valence-electron chi connectivity index (χ2n) is 7.23. The maximum Gasteiger partial charge on any atom is 0.485 e. The molecule has 0 aliphatic carbocycles. The smallest absolute Gasteiger partial charge is 0.485 e. The molecule has 1 N–H and O–H groups in total. The van der Waals surface area contributed by atoms with Crippen LogP contribution in [-0.4, -0.2) is 23.4 Å². The minimum absolute atomic E-state index is 0.676. The minimum Gasteiger partial charge on any atom is -0.741 e. The van der Waals surface area contributed by atoms with E-state index in [9.17, 15) is 18.1 Å². The predicted octanol–water partition coefficient (Wildman–Crippen LogP) is 5.35. The summed E-state index contributed by atoms with van der Waals surface area (Å²) >= 11 is 0. The molecule has 11 heteroatoms. The molecule has 4 aromatic rings. The van der Waals surface area contributed by atoms with E-state index in [1.165, 1.54) is 0 Å². The van der Waals surface area contributed by atoms with Gasteiger partial charge in [-0.05, 0) is 48.5 Å². The van der Waals surface area contributed by atoms with Gasteiger partial charge < -0.3 is 4.55 Å². The first kappa shape index (κ1) is 27.2. The number of hydrogen-bond donors (Lipinski definition) is 1. The first-order valence-electron chi connectivity index (χ1n) is 10.3. The average Bonchev–Trinajstić information content (AvgIpc) is 2.88. The number of benzene rings is 4. The van der Waals surface area contributed by atoms with Crippen LogP contribution in [0, 0.1) is 0 Å². The molecule has 36 heavy (non-hydrogen) atoms. The van der Waals surface area contributed by atoms with E-state index in [2.05, 4.69) is 10.2 Å². The second kappa shape index (κ2) is 11.5. The Morgan fingerprint density at radius 2 is 1.06 bits per heavy atom. The Kier molecular flexibility index (Phi) is 8.70. The first-order valence-corrected chi connectivity index (χ1v) is 13.5. The predicted molar refractivity (Wildman–Crippen MR) is 134 cm³/mol. The van der Waals surface area contributed by atoms with Crippen molar-refractivity contribution in [1.82, 2.24) is 0 Å². The van der Waals surface area contributed by atoms with Crippen molar-refractivity contribution in [3.8, 4) is 0 Å². The van der Waals surface area contributed by atoms with Crippen LogP contribution in [-0.2, 0) is 10.1 Å². The number of alkyl halides is 3. The summed E-state index contributed by atoms with van der Waals surface area (Å²) in [5, 5.41) is 11.4. The highest BCUT2D eigenvalue weighted by Gasteiger charge is 2.46. The van der Waals surface area contributed by atoms with Crippen molar-refractivity contribution in [2.24, 2.45) is 10.2 Å². The molecule has 6 nitrogen and oxygen atoms in total. The molecule has 0 fully saturated rings. The first-order chi connectivity index (χ1) is 17.0. The molecule has 0 unspecified atom stereocenters. The van der Waals surface area contributed by atoms with Crippen LogP contribution in [0.5, 0.6) is 0 Å². The van der Waals surface area contributed by atoms with Gasteiger partial charge in [-0.15, -0.1) is 5.11 Å². The van der Waals surface area contributed by atoms with Crippen LogP contribution >= 0.6 is 7.49 Å². The van der Waals surface area contributed by atoms with Gasteiger partial charge in [-0.3, -0.25) is 0 Å². The lowest BCUT2D eigenvalue weighted by atomic mass is 10.3. The summed E-state index contributed by atoms with van der Waals surface area (Å²) < 4.78 is 58.9. The van der Waals surface area contributed by atoms with Gasteiger partial charge in [-0.1, -0.05) is 66.7 Å². The lowest BCUT2D eigenvalue weighted by Gasteiger charge is -2.21. The van der Waals surface area contributed by atoms with E-state index >= 15 is 0 Å². The average molecular weight is 532 g/mol. The molecule has 0 aliphatic rings. The lowest BCUT2D eigenvalue weighted by Crippen LogP contribution is -2.30. The van der Waals surface area contributed by atoms with Crippen molar-refractivity contribution < 1.29 is 31.0 Å². The molecule has 0 aromatic heterocycles. The van der Waals surface area contributed by atoms with Crippen LogP contribution in [0.2, 0.25) is 0 Å². The molecular weight excluding hydrogens is 512 g/mol. The maximum atomic E-state index is 12.1. The highest BCUT2D eigenvalue weighted by Crippen LogP contribution is 2.53. The molecule has 0 atom stereocenters. The molecule has 0 aliphatic heterocycles. The highest BCUT2D eigenvalue weighted by molar-refractivity contribution is 7.91. The normalized spacial score (nSPS) is 12.1. The summed E-state index contributed by atoms with van der Waals surface area (Å²) in [6.07, 6.45) is 0. The largest absolute Gasteiger partial charge is 0.741 e. The van der Waals surface area contributed by atoms with Crippen molar-refractivity contribution in [1.29, 1.82) is 0 Å². The number of azo groups is 1. The van der Waals surface area contributed by atoms with Crippen molar-refractivity contribution in [3.63, 3.8) is 0 Å². The van der Waals surface area contributed by atoms with Crippen molar-refractivity contribution in [3.05, 3.63) is 115 Å². The SMILES string of the molecule is O=S(=O)([O-])C(F)(F)F.O[P+](c1ccccc1)(c1ccccc1)c1ccccc1N=Nc1ccccc1. The van der Waals surface area contributed by atoms with Crippen molar-refractivity contribution in [2.45, 2.75) is 5.51 Å². The van der Waals surface area contributed by atoms with E-state index in [-0.39, 0.29) is 0 Å². The van der Waals surface area contributed by atoms with Gasteiger partial charge in [0.05, 0.1) is 5.69 Å². The molecule has 0 heterocycles. The number of nitrogens with zero attached hydrogens (tertiary/aromatic N) is 2. The van der Waals surface area contributed by atoms with Crippen LogP contribution < -0.4 is 15.9 Å². The molecule has 0 radical (unpaired) electrons. The zero-order chi connectivity index (χ0) is 26.2. The number of halogens is 3. The van der Waals surface area contributed by atoms with Crippen LogP contribution in [0.4, 0.5) is 24.5 Å². The third-order valence-electron chi connectivity index (χ3n) is 4.80. The second-order valence-corrected chi connectivity index (χ2v) is 11.4. The van der Waals surface area contributed by atoms with E-state index in [1.807, 2.05) is 115 Å². The van der Waals surface area contributed by atoms with E-state index in [4.69, 9.17) is 13.0 Å². The highest BCUT2D eigenvalue weighted by atomic mass is 32.2. The van der Waals surface area contributed by atoms with Crippen molar-refractivity contribution >= 4 is 44.9 Å². The zero-order valence-electron chi connectivity index (χ0n) is 18.5. The van der Waals surface area contributed by atoms with E-state index < -0.39 is 23.1 Å². The quantitative estimate of drug-likeness (QED) is 0.162. The Bertz CT molecular complexity index is 1360. The fourth-order valence-corrected chi connectivity index (χ4v) is 5.96. The molecule has 0 saturated heterocycles. The van der Waals surface area contributed by atoms with Gasteiger partial charge in [0.2, 0.25) is 7.49 Å². The molecule has 186 valence electrons. The Hall–Kier alpha value is -3.43. The monoisotopic (exact) mass is 532 g/mol. The van der Waals surface area contributed by atoms with Gasteiger partial charge in [0.1, 0.15) is 16.3 Å². The third kappa shape index (κ3) is 6.61. The molecular formula is C25H20F3N2O4PS. The number of hydrogen-bond acceptors (Lipinski definition) is 6. The Labute approximate surface area is 207 Å². The van der Waals surface area contributed by atoms with Crippen molar-refractivity contribution in [2.75, 3.05) is 0 Å². The fraction of sp³-hybridized carbons (Fsp3) is 0.0400. The topological polar surface area (TPSA) is 102 Å². The maximum absolute atomic E-state index is 12.1. The molecule has 4 aromatic carbocycles. The molecule has 0 amide bonds. The summed E-state index contributed by atoms with van der Waals surface area (Å²) in [5.74, 6) is 0. The summed E-state index contributed by atoms with van der Waals surface area (Å²) in [4.78, 5) is 12.1. The summed E-state index contributed by atoms with van der Waals surface area (Å²) in [6, 6.07) is 37.0. The minimum atomic E-state index is -6.09. The fourth-order valence-electron chi connectivity index (χ4n) is 3.14. The van der Waals surface area contributed by atoms with Gasteiger partial charge in [0.15, 0.2) is 15.4 Å². The standard InChI is InChI=1S/C24H20N2OP.CHF3O3S/c27-28(21-14-6-2-7-15-21,22-16-8-3-9-17-22)24-19-11-10-18-23(24)26-25-20-12-4-1-5-13-20;2-1(3,4)8(5,6)7/h1-19,27H;(H,5,6,7)/q+1;/p-1. The Morgan fingerprint density at radius 3 is 1.50 bits per heavy atom. The number of rotatable bonds is 5. The Morgan fingerprint density at radius 1 is 0.667 bits per heavy atom. The van der Waals surface area contributed by atoms with E-state index in [0.717, 1.165) is 21.6 Å². The van der Waals surface area contributed by atoms with Gasteiger partial charge >= 0.3 is 5.51 Å². The summed E-state index contributed by atoms with van der Waals surface area (Å²) in [6.45, 7) is 0. The van der Waals surface area contributed by atoms with Crippen LogP contribution in [0.25, 0.3) is 0 Å². The van der Waals surface area contributed by atoms with Crippen LogP contribution in [0.1, 0.15) is 0 Å². The van der Waals surface area contributed by atoms with Gasteiger partial charge in [-0.2, -0.15) is 18.3 Å². The summed E-state index contributed by atoms with van der Waals surface area (Å²) in [5.41, 5.74) is -4.19. The molecule has 0 bridgehead atoms. The van der Waals surface area contributed by atoms with E-state index in [1.54, 1.807) is 0 Å². The summed E-state index contributed by atoms with van der Waals surface area (Å²) in [7, 11) is -8.93. The van der Waals surface area contributed by atoms with Crippen LogP contribution in [0.15, 0.2) is 125 Å². The third-order valence-corrected chi connectivity index (χ3v) is 8.54. The van der Waals surface area contributed by atoms with Gasteiger partial charge in [-0.25, -0.2) is 13.3 Å². The van der Waals surface area contributed by atoms with Crippen LogP contribution in [0.3, 0.4) is 0 Å². The molecule has 4 rings (SSSR count).